The summed E-state index contributed by atoms with van der Waals surface area (Å²) in [6.45, 7) is 3.99. The summed E-state index contributed by atoms with van der Waals surface area (Å²) in [6.07, 6.45) is 3.20. The molecule has 2 heterocycles. The van der Waals surface area contributed by atoms with Crippen LogP contribution < -0.4 is 15.4 Å². The second-order valence-corrected chi connectivity index (χ2v) is 6.33. The quantitative estimate of drug-likeness (QED) is 0.608. The lowest BCUT2D eigenvalue weighted by molar-refractivity contribution is 0.223. The van der Waals surface area contributed by atoms with Crippen molar-refractivity contribution >= 4 is 5.96 Å². The minimum atomic E-state index is -0.309. The van der Waals surface area contributed by atoms with E-state index in [4.69, 9.17) is 4.74 Å². The SMILES string of the molecule is CN=C(NCc1nnc2n1CCCC2)NCC(C)Oc1cccc(F)c1. The molecule has 0 saturated heterocycles. The molecule has 1 aromatic heterocycles. The highest BCUT2D eigenvalue weighted by molar-refractivity contribution is 5.79. The van der Waals surface area contributed by atoms with Crippen molar-refractivity contribution < 1.29 is 9.13 Å². The lowest BCUT2D eigenvalue weighted by Crippen LogP contribution is -2.41. The summed E-state index contributed by atoms with van der Waals surface area (Å²) in [5, 5.41) is 15.0. The first kappa shape index (κ1) is 18.2. The van der Waals surface area contributed by atoms with Crippen molar-refractivity contribution in [2.45, 2.75) is 45.4 Å². The highest BCUT2D eigenvalue weighted by atomic mass is 19.1. The summed E-state index contributed by atoms with van der Waals surface area (Å²) in [7, 11) is 1.71. The third-order valence-electron chi connectivity index (χ3n) is 4.26. The summed E-state index contributed by atoms with van der Waals surface area (Å²) in [6, 6.07) is 6.13. The average molecular weight is 360 g/mol. The molecule has 0 aliphatic carbocycles. The zero-order valence-electron chi connectivity index (χ0n) is 15.2. The molecule has 140 valence electrons. The number of aliphatic imine (C=N–C) groups is 1. The van der Waals surface area contributed by atoms with Gasteiger partial charge >= 0.3 is 0 Å². The van der Waals surface area contributed by atoms with Crippen LogP contribution in [0.2, 0.25) is 0 Å². The summed E-state index contributed by atoms with van der Waals surface area (Å²) < 4.78 is 21.1. The lowest BCUT2D eigenvalue weighted by Gasteiger charge is -2.18. The van der Waals surface area contributed by atoms with Gasteiger partial charge in [-0.2, -0.15) is 0 Å². The summed E-state index contributed by atoms with van der Waals surface area (Å²) in [5.74, 6) is 2.85. The van der Waals surface area contributed by atoms with E-state index in [-0.39, 0.29) is 11.9 Å². The third-order valence-corrected chi connectivity index (χ3v) is 4.26. The molecule has 0 amide bonds. The van der Waals surface area contributed by atoms with Gasteiger partial charge in [-0.15, -0.1) is 10.2 Å². The summed E-state index contributed by atoms with van der Waals surface area (Å²) >= 11 is 0. The molecule has 0 bridgehead atoms. The van der Waals surface area contributed by atoms with Gasteiger partial charge in [-0.1, -0.05) is 6.07 Å². The van der Waals surface area contributed by atoms with E-state index in [0.29, 0.717) is 24.8 Å². The largest absolute Gasteiger partial charge is 0.489 e. The maximum Gasteiger partial charge on any atom is 0.191 e. The highest BCUT2D eigenvalue weighted by Crippen LogP contribution is 2.14. The average Bonchev–Trinajstić information content (AvgIpc) is 3.05. The smallest absolute Gasteiger partial charge is 0.191 e. The first-order chi connectivity index (χ1) is 12.7. The van der Waals surface area contributed by atoms with Crippen LogP contribution in [0.5, 0.6) is 5.75 Å². The van der Waals surface area contributed by atoms with E-state index >= 15 is 0 Å². The van der Waals surface area contributed by atoms with Crippen LogP contribution in [0.4, 0.5) is 4.39 Å². The summed E-state index contributed by atoms with van der Waals surface area (Å²) in [4.78, 5) is 4.21. The molecule has 2 N–H and O–H groups in total. The van der Waals surface area contributed by atoms with Gasteiger partial charge in [0, 0.05) is 26.1 Å². The summed E-state index contributed by atoms with van der Waals surface area (Å²) in [5.41, 5.74) is 0. The Morgan fingerprint density at radius 3 is 3.04 bits per heavy atom. The fraction of sp³-hybridized carbons (Fsp3) is 0.500. The molecule has 0 fully saturated rings. The highest BCUT2D eigenvalue weighted by Gasteiger charge is 2.15. The molecular formula is C18H25FN6O. The first-order valence-electron chi connectivity index (χ1n) is 8.93. The molecule has 0 radical (unpaired) electrons. The number of nitrogens with zero attached hydrogens (tertiary/aromatic N) is 4. The molecule has 8 heteroatoms. The zero-order chi connectivity index (χ0) is 18.4. The Morgan fingerprint density at radius 2 is 2.23 bits per heavy atom. The molecule has 1 aliphatic heterocycles. The van der Waals surface area contributed by atoms with Crippen molar-refractivity contribution in [3.8, 4) is 5.75 Å². The fourth-order valence-electron chi connectivity index (χ4n) is 2.94. The molecule has 7 nitrogen and oxygen atoms in total. The van der Waals surface area contributed by atoms with Crippen molar-refractivity contribution in [1.82, 2.24) is 25.4 Å². The van der Waals surface area contributed by atoms with Crippen molar-refractivity contribution in [2.75, 3.05) is 13.6 Å². The number of halogens is 1. The van der Waals surface area contributed by atoms with Crippen molar-refractivity contribution in [2.24, 2.45) is 4.99 Å². The van der Waals surface area contributed by atoms with Gasteiger partial charge in [-0.3, -0.25) is 4.99 Å². The molecule has 3 rings (SSSR count). The minimum Gasteiger partial charge on any atom is -0.489 e. The first-order valence-corrected chi connectivity index (χ1v) is 8.93. The van der Waals surface area contributed by atoms with Crippen LogP contribution in [0.1, 0.15) is 31.4 Å². The second-order valence-electron chi connectivity index (χ2n) is 6.33. The Balaban J connectivity index is 1.46. The second kappa shape index (κ2) is 8.64. The van der Waals surface area contributed by atoms with Crippen LogP contribution in [0, 0.1) is 5.82 Å². The number of benzene rings is 1. The van der Waals surface area contributed by atoms with Gasteiger partial charge in [0.1, 0.15) is 23.5 Å². The van der Waals surface area contributed by atoms with Crippen molar-refractivity contribution in [1.29, 1.82) is 0 Å². The molecule has 1 aromatic carbocycles. The van der Waals surface area contributed by atoms with Crippen LogP contribution >= 0.6 is 0 Å². The van der Waals surface area contributed by atoms with Gasteiger partial charge in [0.2, 0.25) is 0 Å². The molecule has 0 spiro atoms. The fourth-order valence-corrected chi connectivity index (χ4v) is 2.94. The van der Waals surface area contributed by atoms with E-state index in [0.717, 1.165) is 24.6 Å². The van der Waals surface area contributed by atoms with Crippen LogP contribution in [0.25, 0.3) is 0 Å². The molecule has 2 aromatic rings. The van der Waals surface area contributed by atoms with E-state index in [1.54, 1.807) is 19.2 Å². The zero-order valence-corrected chi connectivity index (χ0v) is 15.2. The maximum atomic E-state index is 13.2. The minimum absolute atomic E-state index is 0.142. The van der Waals surface area contributed by atoms with Gasteiger partial charge in [-0.25, -0.2) is 4.39 Å². The van der Waals surface area contributed by atoms with Crippen LogP contribution in [-0.2, 0) is 19.5 Å². The maximum absolute atomic E-state index is 13.2. The number of aromatic nitrogens is 3. The molecule has 26 heavy (non-hydrogen) atoms. The van der Waals surface area contributed by atoms with Gasteiger partial charge < -0.3 is 19.9 Å². The molecule has 0 saturated carbocycles. The molecule has 1 unspecified atom stereocenters. The molecule has 1 atom stereocenters. The number of hydrogen-bond acceptors (Lipinski definition) is 4. The number of aryl methyl sites for hydroxylation is 1. The Kier molecular flexibility index (Phi) is 6.04. The van der Waals surface area contributed by atoms with E-state index in [9.17, 15) is 4.39 Å². The lowest BCUT2D eigenvalue weighted by atomic mass is 10.2. The predicted octanol–water partition coefficient (Wildman–Crippen LogP) is 1.89. The van der Waals surface area contributed by atoms with E-state index in [1.165, 1.54) is 25.0 Å². The Morgan fingerprint density at radius 1 is 1.35 bits per heavy atom. The van der Waals surface area contributed by atoms with Crippen molar-refractivity contribution in [3.05, 3.63) is 41.7 Å². The van der Waals surface area contributed by atoms with Crippen LogP contribution in [0.3, 0.4) is 0 Å². The number of fused-ring (bicyclic) bond motifs is 1. The third kappa shape index (κ3) is 4.71. The Hall–Kier alpha value is -2.64. The number of rotatable bonds is 6. The molecule has 1 aliphatic rings. The number of hydrogen-bond donors (Lipinski definition) is 2. The van der Waals surface area contributed by atoms with Crippen molar-refractivity contribution in [3.63, 3.8) is 0 Å². The Labute approximate surface area is 152 Å². The van der Waals surface area contributed by atoms with E-state index < -0.39 is 0 Å². The number of nitrogens with one attached hydrogen (secondary N) is 2. The normalized spacial score (nSPS) is 15.3. The number of ether oxygens (including phenoxy) is 1. The molecular weight excluding hydrogens is 335 g/mol. The monoisotopic (exact) mass is 360 g/mol. The van der Waals surface area contributed by atoms with Crippen LogP contribution in [-0.4, -0.2) is 40.4 Å². The number of guanidine groups is 1. The van der Waals surface area contributed by atoms with E-state index in [1.807, 2.05) is 6.92 Å². The van der Waals surface area contributed by atoms with Gasteiger partial charge in [0.05, 0.1) is 13.1 Å². The topological polar surface area (TPSA) is 76.4 Å². The Bertz CT molecular complexity index is 760. The van der Waals surface area contributed by atoms with Crippen LogP contribution in [0.15, 0.2) is 29.3 Å². The van der Waals surface area contributed by atoms with Gasteiger partial charge in [0.25, 0.3) is 0 Å². The standard InChI is InChI=1S/C18H25FN6O/c1-13(26-15-7-5-6-14(19)10-15)11-21-18(20-2)22-12-17-24-23-16-8-3-4-9-25(16)17/h5-7,10,13H,3-4,8-9,11-12H2,1-2H3,(H2,20,21,22). The predicted molar refractivity (Wildman–Crippen MR) is 97.7 cm³/mol. The van der Waals surface area contributed by atoms with Gasteiger partial charge in [-0.05, 0) is 31.9 Å². The van der Waals surface area contributed by atoms with E-state index in [2.05, 4.69) is 30.4 Å². The van der Waals surface area contributed by atoms with Gasteiger partial charge in [0.15, 0.2) is 11.8 Å².